The summed E-state index contributed by atoms with van der Waals surface area (Å²) in [5, 5.41) is 0. The molecule has 0 amide bonds. The maximum absolute atomic E-state index is 0. The van der Waals surface area contributed by atoms with Gasteiger partial charge in [0.05, 0.1) is 0 Å². The molecule has 0 N–H and O–H groups in total. The topological polar surface area (TPSA) is 0 Å². The molecule has 4 heteroatoms. The molecule has 0 heterocycles. The van der Waals surface area contributed by atoms with Crippen LogP contribution in [-0.4, -0.2) is 0 Å². The Bertz CT molecular complexity index is 3.25. The van der Waals surface area contributed by atoms with Crippen LogP contribution in [0.2, 0.25) is 0 Å². The fourth-order valence-electron chi connectivity index (χ4n) is 0. The first kappa shape index (κ1) is 28.2. The van der Waals surface area contributed by atoms with Crippen LogP contribution in [0.1, 0.15) is 0 Å². The summed E-state index contributed by atoms with van der Waals surface area (Å²) in [7, 11) is 0. The Labute approximate surface area is 87.9 Å². The standard InChI is InChI=1S/Au.3Ta. The molecule has 0 nitrogen and oxygen atoms in total. The van der Waals surface area contributed by atoms with Gasteiger partial charge < -0.3 is 0 Å². The Kier molecular flexibility index (Phi) is 118. The maximum atomic E-state index is 0. The van der Waals surface area contributed by atoms with Crippen molar-refractivity contribution in [1.29, 1.82) is 0 Å². The normalized spacial score (nSPS) is 0. The SMILES string of the molecule is [Au].[Ta].[Ta].[Ta]. The van der Waals surface area contributed by atoms with Gasteiger partial charge in [-0.15, -0.1) is 0 Å². The van der Waals surface area contributed by atoms with E-state index in [1.54, 1.807) is 0 Å². The van der Waals surface area contributed by atoms with E-state index in [0.29, 0.717) is 0 Å². The molecule has 0 aromatic heterocycles. The van der Waals surface area contributed by atoms with Crippen molar-refractivity contribution in [2.75, 3.05) is 0 Å². The molecule has 0 rings (SSSR count). The van der Waals surface area contributed by atoms with E-state index < -0.39 is 0 Å². The molecule has 4 radical (unpaired) electrons. The van der Waals surface area contributed by atoms with E-state index in [1.807, 2.05) is 0 Å². The van der Waals surface area contributed by atoms with Crippen LogP contribution in [0.4, 0.5) is 0 Å². The maximum Gasteiger partial charge on any atom is 0 e. The first-order valence-corrected chi connectivity index (χ1v) is 0. The fraction of sp³-hybridized carbons (Fsp3) is 0. The molecule has 0 aromatic carbocycles. The summed E-state index contributed by atoms with van der Waals surface area (Å²) in [6, 6.07) is 0. The van der Waals surface area contributed by atoms with E-state index in [0.717, 1.165) is 0 Å². The Morgan fingerprint density at radius 3 is 0.500 bits per heavy atom. The van der Waals surface area contributed by atoms with Gasteiger partial charge in [-0.1, -0.05) is 0 Å². The molecule has 0 fully saturated rings. The van der Waals surface area contributed by atoms with Crippen molar-refractivity contribution < 1.29 is 89.5 Å². The van der Waals surface area contributed by atoms with E-state index >= 15 is 0 Å². The van der Waals surface area contributed by atoms with Gasteiger partial charge in [-0.25, -0.2) is 0 Å². The quantitative estimate of drug-likeness (QED) is 0.307. The predicted octanol–water partition coefficient (Wildman–Crippen LogP) is -0.0100. The van der Waals surface area contributed by atoms with Gasteiger partial charge in [0.1, 0.15) is 0 Å². The molecule has 0 aliphatic carbocycles. The molecule has 0 bridgehead atoms. The Balaban J connectivity index is 0. The molecule has 0 atom stereocenters. The summed E-state index contributed by atoms with van der Waals surface area (Å²) in [4.78, 5) is 0. The molecule has 0 unspecified atom stereocenters. The molecule has 0 saturated carbocycles. The Hall–Kier alpha value is 2.96. The van der Waals surface area contributed by atoms with Gasteiger partial charge in [-0.2, -0.15) is 0 Å². The first-order valence-electron chi connectivity index (χ1n) is 0. The molecule has 0 aromatic rings. The molecule has 0 saturated heterocycles. The van der Waals surface area contributed by atoms with Crippen molar-refractivity contribution in [3.8, 4) is 0 Å². The predicted molar refractivity (Wildman–Crippen MR) is 0 cm³/mol. The Morgan fingerprint density at radius 2 is 0.500 bits per heavy atom. The van der Waals surface area contributed by atoms with Crippen LogP contribution in [0.15, 0.2) is 0 Å². The van der Waals surface area contributed by atoms with Crippen LogP contribution in [0.3, 0.4) is 0 Å². The van der Waals surface area contributed by atoms with Gasteiger partial charge in [-0.05, 0) is 0 Å². The van der Waals surface area contributed by atoms with Gasteiger partial charge >= 0.3 is 0 Å². The number of rotatable bonds is 0. The summed E-state index contributed by atoms with van der Waals surface area (Å²) in [5.74, 6) is 0. The van der Waals surface area contributed by atoms with Gasteiger partial charge in [0, 0.05) is 89.5 Å². The summed E-state index contributed by atoms with van der Waals surface area (Å²) in [6.45, 7) is 0. The van der Waals surface area contributed by atoms with Gasteiger partial charge in [0.25, 0.3) is 0 Å². The van der Waals surface area contributed by atoms with Crippen LogP contribution < -0.4 is 0 Å². The monoisotopic (exact) mass is 740 g/mol. The van der Waals surface area contributed by atoms with Crippen LogP contribution in [0.25, 0.3) is 0 Å². The second-order valence-electron chi connectivity index (χ2n) is 0. The van der Waals surface area contributed by atoms with E-state index in [2.05, 4.69) is 0 Å². The molecule has 0 spiro atoms. The van der Waals surface area contributed by atoms with Crippen molar-refractivity contribution in [2.45, 2.75) is 0 Å². The molecule has 26 valence electrons. The van der Waals surface area contributed by atoms with Crippen molar-refractivity contribution in [2.24, 2.45) is 0 Å². The van der Waals surface area contributed by atoms with Crippen molar-refractivity contribution >= 4 is 0 Å². The molecule has 0 aliphatic heterocycles. The zero-order valence-corrected chi connectivity index (χ0v) is 13.4. The van der Waals surface area contributed by atoms with Crippen molar-refractivity contribution in [3.63, 3.8) is 0 Å². The Morgan fingerprint density at radius 1 is 0.500 bits per heavy atom. The fourth-order valence-corrected chi connectivity index (χ4v) is 0. The molecular weight excluding hydrogens is 740 g/mol. The third-order valence-electron chi connectivity index (χ3n) is 0. The van der Waals surface area contributed by atoms with Gasteiger partial charge in [0.2, 0.25) is 0 Å². The van der Waals surface area contributed by atoms with Gasteiger partial charge in [-0.3, -0.25) is 0 Å². The van der Waals surface area contributed by atoms with Gasteiger partial charge in [0.15, 0.2) is 0 Å². The molecule has 0 aliphatic rings. The number of hydrogen-bond donors (Lipinski definition) is 0. The smallest absolute Gasteiger partial charge is 0 e. The van der Waals surface area contributed by atoms with E-state index in [1.165, 1.54) is 0 Å². The average molecular weight is 740 g/mol. The summed E-state index contributed by atoms with van der Waals surface area (Å²) < 4.78 is 0. The van der Waals surface area contributed by atoms with Crippen LogP contribution >= 0.6 is 0 Å². The zero-order valence-electron chi connectivity index (χ0n) is 1.64. The summed E-state index contributed by atoms with van der Waals surface area (Å²) in [5.41, 5.74) is 0. The van der Waals surface area contributed by atoms with E-state index in [-0.39, 0.29) is 89.5 Å². The van der Waals surface area contributed by atoms with Crippen LogP contribution in [0.5, 0.6) is 0 Å². The minimum absolute atomic E-state index is 0. The largest absolute Gasteiger partial charge is 0 e. The molecular formula is AuTa3. The first-order chi connectivity index (χ1) is 0. The second kappa shape index (κ2) is 16.7. The van der Waals surface area contributed by atoms with E-state index in [4.69, 9.17) is 0 Å². The minimum Gasteiger partial charge on any atom is 0 e. The minimum atomic E-state index is 0. The van der Waals surface area contributed by atoms with E-state index in [9.17, 15) is 0 Å². The van der Waals surface area contributed by atoms with Crippen molar-refractivity contribution in [3.05, 3.63) is 0 Å². The molecule has 4 heavy (non-hydrogen) atoms. The third kappa shape index (κ3) is 8.88. The summed E-state index contributed by atoms with van der Waals surface area (Å²) in [6.07, 6.45) is 0. The van der Waals surface area contributed by atoms with Crippen molar-refractivity contribution in [1.82, 2.24) is 0 Å². The third-order valence-corrected chi connectivity index (χ3v) is 0. The second-order valence-corrected chi connectivity index (χ2v) is 0. The average Bonchev–Trinajstić information content (AvgIpc) is 0. The van der Waals surface area contributed by atoms with Crippen LogP contribution in [-0.2, 0) is 89.5 Å². The summed E-state index contributed by atoms with van der Waals surface area (Å²) >= 11 is 0. The van der Waals surface area contributed by atoms with Crippen LogP contribution in [0, 0.1) is 0 Å². The zero-order chi connectivity index (χ0) is 0. The number of hydrogen-bond acceptors (Lipinski definition) is 0.